The summed E-state index contributed by atoms with van der Waals surface area (Å²) in [6.07, 6.45) is 3.92. The maximum atomic E-state index is 11.3. The van der Waals surface area contributed by atoms with E-state index in [-0.39, 0.29) is 10.9 Å². The maximum Gasteiger partial charge on any atom is 0.178 e. The molecule has 0 bridgehead atoms. The van der Waals surface area contributed by atoms with E-state index in [1.165, 1.54) is 17.1 Å². The van der Waals surface area contributed by atoms with Gasteiger partial charge in [-0.3, -0.25) is 4.68 Å². The largest absolute Gasteiger partial charge is 0.465 e. The molecule has 2 aromatic heterocycles. The van der Waals surface area contributed by atoms with Crippen LogP contribution >= 0.6 is 0 Å². The molecule has 1 unspecified atom stereocenters. The standard InChI is InChI=1S/C11H15N3O3S/c1-8-3-4-11(17-8)10(12)7-14-6-9(5-13-14)18(2,15)16/h3-6,10H,7,12H2,1-2H3. The molecular weight excluding hydrogens is 254 g/mol. The van der Waals surface area contributed by atoms with Crippen LogP contribution in [-0.2, 0) is 16.4 Å². The molecule has 0 aliphatic heterocycles. The lowest BCUT2D eigenvalue weighted by atomic mass is 10.2. The zero-order valence-electron chi connectivity index (χ0n) is 10.2. The van der Waals surface area contributed by atoms with Gasteiger partial charge in [0.25, 0.3) is 0 Å². The van der Waals surface area contributed by atoms with Crippen LogP contribution in [0.3, 0.4) is 0 Å². The monoisotopic (exact) mass is 269 g/mol. The topological polar surface area (TPSA) is 91.1 Å². The first kappa shape index (κ1) is 12.8. The van der Waals surface area contributed by atoms with E-state index in [1.54, 1.807) is 6.07 Å². The van der Waals surface area contributed by atoms with Crippen molar-refractivity contribution in [2.75, 3.05) is 6.26 Å². The molecule has 1 atom stereocenters. The Morgan fingerprint density at radius 1 is 1.50 bits per heavy atom. The Labute approximate surface area is 105 Å². The predicted molar refractivity (Wildman–Crippen MR) is 65.7 cm³/mol. The lowest BCUT2D eigenvalue weighted by Gasteiger charge is -2.08. The van der Waals surface area contributed by atoms with Gasteiger partial charge in [-0.2, -0.15) is 5.10 Å². The fourth-order valence-electron chi connectivity index (χ4n) is 1.58. The molecule has 7 heteroatoms. The lowest BCUT2D eigenvalue weighted by Crippen LogP contribution is -2.17. The summed E-state index contributed by atoms with van der Waals surface area (Å²) in [7, 11) is -3.23. The van der Waals surface area contributed by atoms with E-state index >= 15 is 0 Å². The highest BCUT2D eigenvalue weighted by Crippen LogP contribution is 2.16. The van der Waals surface area contributed by atoms with E-state index in [1.807, 2.05) is 13.0 Å². The smallest absolute Gasteiger partial charge is 0.178 e. The summed E-state index contributed by atoms with van der Waals surface area (Å²) in [6, 6.07) is 3.28. The summed E-state index contributed by atoms with van der Waals surface area (Å²) in [5.41, 5.74) is 5.95. The van der Waals surface area contributed by atoms with Crippen molar-refractivity contribution in [3.05, 3.63) is 36.0 Å². The Kier molecular flexibility index (Phi) is 3.27. The molecule has 0 radical (unpaired) electrons. The second-order valence-corrected chi connectivity index (χ2v) is 6.24. The Hall–Kier alpha value is -1.60. The number of nitrogens with zero attached hydrogens (tertiary/aromatic N) is 2. The average Bonchev–Trinajstić information content (AvgIpc) is 2.85. The molecule has 6 nitrogen and oxygen atoms in total. The van der Waals surface area contributed by atoms with Gasteiger partial charge in [0.05, 0.1) is 18.8 Å². The van der Waals surface area contributed by atoms with Crippen molar-refractivity contribution in [1.29, 1.82) is 0 Å². The molecule has 2 N–H and O–H groups in total. The molecule has 0 spiro atoms. The molecule has 2 rings (SSSR count). The summed E-state index contributed by atoms with van der Waals surface area (Å²) in [6.45, 7) is 2.20. The van der Waals surface area contributed by atoms with Crippen LogP contribution in [0.4, 0.5) is 0 Å². The fourth-order valence-corrected chi connectivity index (χ4v) is 2.13. The molecule has 2 aromatic rings. The van der Waals surface area contributed by atoms with Gasteiger partial charge in [0.1, 0.15) is 16.4 Å². The van der Waals surface area contributed by atoms with Crippen LogP contribution in [0, 0.1) is 6.92 Å². The van der Waals surface area contributed by atoms with Gasteiger partial charge in [-0.25, -0.2) is 8.42 Å². The van der Waals surface area contributed by atoms with Crippen LogP contribution in [0.15, 0.2) is 33.8 Å². The quantitative estimate of drug-likeness (QED) is 0.890. The highest BCUT2D eigenvalue weighted by atomic mass is 32.2. The summed E-state index contributed by atoms with van der Waals surface area (Å²) >= 11 is 0. The van der Waals surface area contributed by atoms with E-state index in [9.17, 15) is 8.42 Å². The first-order chi connectivity index (χ1) is 8.36. The van der Waals surface area contributed by atoms with Crippen molar-refractivity contribution in [1.82, 2.24) is 9.78 Å². The van der Waals surface area contributed by atoms with Crippen molar-refractivity contribution >= 4 is 9.84 Å². The lowest BCUT2D eigenvalue weighted by molar-refractivity contribution is 0.408. The highest BCUT2D eigenvalue weighted by molar-refractivity contribution is 7.90. The van der Waals surface area contributed by atoms with Crippen LogP contribution < -0.4 is 5.73 Å². The predicted octanol–water partition coefficient (Wildman–Crippen LogP) is 0.888. The van der Waals surface area contributed by atoms with Gasteiger partial charge < -0.3 is 10.2 Å². The van der Waals surface area contributed by atoms with Crippen LogP contribution in [0.25, 0.3) is 0 Å². The number of hydrogen-bond donors (Lipinski definition) is 1. The molecule has 0 aliphatic rings. The Balaban J connectivity index is 2.13. The minimum Gasteiger partial charge on any atom is -0.465 e. The molecule has 0 aromatic carbocycles. The van der Waals surface area contributed by atoms with E-state index in [4.69, 9.17) is 10.2 Å². The number of hydrogen-bond acceptors (Lipinski definition) is 5. The number of aromatic nitrogens is 2. The minimum atomic E-state index is -3.23. The molecule has 0 amide bonds. The van der Waals surface area contributed by atoms with Crippen LogP contribution in [0.2, 0.25) is 0 Å². The number of rotatable bonds is 4. The fraction of sp³-hybridized carbons (Fsp3) is 0.364. The summed E-state index contributed by atoms with van der Waals surface area (Å²) in [4.78, 5) is 0.185. The Morgan fingerprint density at radius 2 is 2.22 bits per heavy atom. The molecule has 0 fully saturated rings. The highest BCUT2D eigenvalue weighted by Gasteiger charge is 2.14. The molecule has 0 saturated carbocycles. The number of sulfone groups is 1. The Bertz CT molecular complexity index is 642. The first-order valence-electron chi connectivity index (χ1n) is 5.40. The zero-order valence-corrected chi connectivity index (χ0v) is 11.0. The second-order valence-electron chi connectivity index (χ2n) is 4.23. The average molecular weight is 269 g/mol. The van der Waals surface area contributed by atoms with Crippen LogP contribution in [-0.4, -0.2) is 24.5 Å². The van der Waals surface area contributed by atoms with Crippen LogP contribution in [0.1, 0.15) is 17.6 Å². The molecule has 0 aliphatic carbocycles. The SMILES string of the molecule is Cc1ccc(C(N)Cn2cc(S(C)(=O)=O)cn2)o1. The van der Waals surface area contributed by atoms with Gasteiger partial charge >= 0.3 is 0 Å². The van der Waals surface area contributed by atoms with E-state index in [0.29, 0.717) is 12.3 Å². The Morgan fingerprint density at radius 3 is 2.72 bits per heavy atom. The van der Waals surface area contributed by atoms with Crippen molar-refractivity contribution < 1.29 is 12.8 Å². The number of nitrogens with two attached hydrogens (primary N) is 1. The maximum absolute atomic E-state index is 11.3. The van der Waals surface area contributed by atoms with Crippen molar-refractivity contribution in [3.63, 3.8) is 0 Å². The van der Waals surface area contributed by atoms with Crippen molar-refractivity contribution in [2.24, 2.45) is 5.73 Å². The van der Waals surface area contributed by atoms with Crippen LogP contribution in [0.5, 0.6) is 0 Å². The third-order valence-corrected chi connectivity index (χ3v) is 3.62. The first-order valence-corrected chi connectivity index (χ1v) is 7.30. The van der Waals surface area contributed by atoms with Gasteiger partial charge in [0.2, 0.25) is 0 Å². The number of aryl methyl sites for hydroxylation is 1. The normalized spacial score (nSPS) is 13.7. The summed E-state index contributed by atoms with van der Waals surface area (Å²) in [5, 5.41) is 3.97. The molecule has 0 saturated heterocycles. The number of furan rings is 1. The van der Waals surface area contributed by atoms with Gasteiger partial charge in [-0.1, -0.05) is 0 Å². The molecule has 18 heavy (non-hydrogen) atoms. The van der Waals surface area contributed by atoms with Crippen molar-refractivity contribution in [2.45, 2.75) is 24.4 Å². The minimum absolute atomic E-state index is 0.185. The van der Waals surface area contributed by atoms with E-state index in [2.05, 4.69) is 5.10 Å². The van der Waals surface area contributed by atoms with Gasteiger partial charge in [0, 0.05) is 12.5 Å². The van der Waals surface area contributed by atoms with Gasteiger partial charge in [0.15, 0.2) is 9.84 Å². The van der Waals surface area contributed by atoms with E-state index < -0.39 is 9.84 Å². The van der Waals surface area contributed by atoms with E-state index in [0.717, 1.165) is 12.0 Å². The molecule has 2 heterocycles. The van der Waals surface area contributed by atoms with Crippen molar-refractivity contribution in [3.8, 4) is 0 Å². The second kappa shape index (κ2) is 4.58. The third-order valence-electron chi connectivity index (χ3n) is 2.55. The van der Waals surface area contributed by atoms with Gasteiger partial charge in [-0.05, 0) is 19.1 Å². The zero-order chi connectivity index (χ0) is 13.3. The summed E-state index contributed by atoms with van der Waals surface area (Å²) < 4.78 is 29.5. The third kappa shape index (κ3) is 2.80. The molecule has 98 valence electrons. The van der Waals surface area contributed by atoms with Gasteiger partial charge in [-0.15, -0.1) is 0 Å². The summed E-state index contributed by atoms with van der Waals surface area (Å²) in [5.74, 6) is 1.45. The molecular formula is C11H15N3O3S.